The molecule has 1 rings (SSSR count). The summed E-state index contributed by atoms with van der Waals surface area (Å²) >= 11 is 0. The van der Waals surface area contributed by atoms with Crippen LogP contribution in [0.5, 0.6) is 0 Å². The Morgan fingerprint density at radius 2 is 1.08 bits per heavy atom. The zero-order valence-electron chi connectivity index (χ0n) is 16.3. The third-order valence-electron chi connectivity index (χ3n) is 4.40. The predicted molar refractivity (Wildman–Crippen MR) is 132 cm³/mol. The van der Waals surface area contributed by atoms with Crippen LogP contribution in [0.15, 0.2) is 0 Å². The summed E-state index contributed by atoms with van der Waals surface area (Å²) in [5, 5.41) is 8.89. The maximum atomic E-state index is 10.8. The van der Waals surface area contributed by atoms with Crippen molar-refractivity contribution in [1.29, 1.82) is 0 Å². The van der Waals surface area contributed by atoms with Crippen LogP contribution < -0.4 is 0 Å². The number of carboxylic acid groups (broad SMARTS) is 1. The number of rotatable bonds is 3. The fraction of sp³-hybridized carbons (Fsp3) is 0.938. The van der Waals surface area contributed by atoms with Crippen LogP contribution in [0.4, 0.5) is 0 Å². The highest BCUT2D eigenvalue weighted by atomic mass is 79.9. The third kappa shape index (κ3) is 18.6. The Labute approximate surface area is 201 Å². The van der Waals surface area contributed by atoms with Gasteiger partial charge in [-0.2, -0.15) is 0 Å². The van der Waals surface area contributed by atoms with Crippen molar-refractivity contribution in [1.82, 2.24) is 19.6 Å². The molecule has 0 atom stereocenters. The summed E-state index contributed by atoms with van der Waals surface area (Å²) in [4.78, 5) is 20.3. The van der Waals surface area contributed by atoms with Crippen molar-refractivity contribution in [3.63, 3.8) is 0 Å². The smallest absolute Gasteiger partial charge is 0.304 e. The van der Waals surface area contributed by atoms with Crippen LogP contribution in [0.3, 0.4) is 0 Å². The molecule has 1 saturated heterocycles. The first kappa shape index (κ1) is 34.7. The average molecular weight is 638 g/mol. The van der Waals surface area contributed by atoms with Crippen LogP contribution in [0.1, 0.15) is 19.3 Å². The van der Waals surface area contributed by atoms with Crippen LogP contribution in [-0.4, -0.2) is 111 Å². The number of hydrogen-bond donors (Lipinski definition) is 1. The van der Waals surface area contributed by atoms with Gasteiger partial charge in [0.05, 0.1) is 6.42 Å². The van der Waals surface area contributed by atoms with E-state index in [2.05, 4.69) is 40.7 Å². The SMILES string of the molecule is Br.Br.Br.Br.CN1CCCN(C)CCN(CCC(=O)O)CCCN(C)CC1. The third-order valence-corrected chi connectivity index (χ3v) is 4.40. The van der Waals surface area contributed by atoms with E-state index in [4.69, 9.17) is 5.11 Å². The molecule has 1 heterocycles. The summed E-state index contributed by atoms with van der Waals surface area (Å²) in [6.45, 7) is 9.16. The standard InChI is InChI=1S/C16H34N4O2.4BrH/c1-17-7-4-8-19(3)14-15-20(11-6-16(21)22)10-5-9-18(2)13-12-17;;;;/h4-15H2,1-3H3,(H,21,22);4*1H. The topological polar surface area (TPSA) is 50.3 Å². The van der Waals surface area contributed by atoms with Gasteiger partial charge in [-0.3, -0.25) is 4.79 Å². The zero-order chi connectivity index (χ0) is 16.4. The molecule has 0 aliphatic carbocycles. The van der Waals surface area contributed by atoms with Gasteiger partial charge >= 0.3 is 5.97 Å². The second-order valence-electron chi connectivity index (χ2n) is 6.60. The molecule has 1 N–H and O–H groups in total. The molecule has 26 heavy (non-hydrogen) atoms. The lowest BCUT2D eigenvalue weighted by Crippen LogP contribution is -2.39. The first-order valence-electron chi connectivity index (χ1n) is 8.47. The number of halogens is 4. The molecule has 1 aliphatic rings. The van der Waals surface area contributed by atoms with Gasteiger partial charge in [0, 0.05) is 32.7 Å². The minimum absolute atomic E-state index is 0. The Bertz CT molecular complexity index is 331. The molecule has 0 amide bonds. The van der Waals surface area contributed by atoms with Crippen molar-refractivity contribution in [2.24, 2.45) is 0 Å². The van der Waals surface area contributed by atoms with Crippen molar-refractivity contribution >= 4 is 73.9 Å². The van der Waals surface area contributed by atoms with Crippen molar-refractivity contribution in [3.8, 4) is 0 Å². The summed E-state index contributed by atoms with van der Waals surface area (Å²) in [6.07, 6.45) is 2.53. The van der Waals surface area contributed by atoms with Gasteiger partial charge in [0.1, 0.15) is 0 Å². The summed E-state index contributed by atoms with van der Waals surface area (Å²) in [7, 11) is 6.54. The van der Waals surface area contributed by atoms with Crippen molar-refractivity contribution in [2.45, 2.75) is 19.3 Å². The van der Waals surface area contributed by atoms with Crippen LogP contribution >= 0.6 is 67.9 Å². The van der Waals surface area contributed by atoms with E-state index in [1.807, 2.05) is 0 Å². The van der Waals surface area contributed by atoms with E-state index >= 15 is 0 Å². The molecule has 0 radical (unpaired) electrons. The molecule has 0 unspecified atom stereocenters. The van der Waals surface area contributed by atoms with Crippen molar-refractivity contribution in [2.75, 3.05) is 80.0 Å². The van der Waals surface area contributed by atoms with E-state index in [1.165, 1.54) is 6.42 Å². The van der Waals surface area contributed by atoms with Gasteiger partial charge in [0.25, 0.3) is 0 Å². The number of likely N-dealkylation sites (N-methyl/N-ethyl adjacent to an activating group) is 3. The normalized spacial score (nSPS) is 19.7. The summed E-state index contributed by atoms with van der Waals surface area (Å²) in [6, 6.07) is 0. The highest BCUT2D eigenvalue weighted by molar-refractivity contribution is 8.93. The van der Waals surface area contributed by atoms with Gasteiger partial charge in [-0.05, 0) is 60.2 Å². The summed E-state index contributed by atoms with van der Waals surface area (Å²) in [5.41, 5.74) is 0. The molecule has 0 saturated carbocycles. The molecule has 1 aliphatic heterocycles. The average Bonchev–Trinajstić information content (AvgIpc) is 2.46. The molecule has 0 aromatic carbocycles. The van der Waals surface area contributed by atoms with E-state index < -0.39 is 5.97 Å². The zero-order valence-corrected chi connectivity index (χ0v) is 23.1. The van der Waals surface area contributed by atoms with Crippen LogP contribution in [0, 0.1) is 0 Å². The lowest BCUT2D eigenvalue weighted by molar-refractivity contribution is -0.137. The second-order valence-corrected chi connectivity index (χ2v) is 6.60. The van der Waals surface area contributed by atoms with Gasteiger partial charge in [-0.1, -0.05) is 0 Å². The van der Waals surface area contributed by atoms with Gasteiger partial charge in [0.15, 0.2) is 0 Å². The van der Waals surface area contributed by atoms with E-state index in [9.17, 15) is 4.79 Å². The molecule has 10 heteroatoms. The molecule has 0 spiro atoms. The van der Waals surface area contributed by atoms with E-state index in [-0.39, 0.29) is 74.3 Å². The summed E-state index contributed by atoms with van der Waals surface area (Å²) < 4.78 is 0. The van der Waals surface area contributed by atoms with Crippen molar-refractivity contribution in [3.05, 3.63) is 0 Å². The largest absolute Gasteiger partial charge is 0.481 e. The number of aliphatic carboxylic acids is 1. The number of hydrogen-bond acceptors (Lipinski definition) is 5. The lowest BCUT2D eigenvalue weighted by Gasteiger charge is -2.28. The van der Waals surface area contributed by atoms with Crippen molar-refractivity contribution < 1.29 is 9.90 Å². The van der Waals surface area contributed by atoms with Crippen LogP contribution in [0.25, 0.3) is 0 Å². The predicted octanol–water partition coefficient (Wildman–Crippen LogP) is 2.66. The molecule has 1 fully saturated rings. The monoisotopic (exact) mass is 634 g/mol. The molecular formula is C16H38Br4N4O2. The van der Waals surface area contributed by atoms with E-state index in [0.29, 0.717) is 6.54 Å². The van der Waals surface area contributed by atoms with Crippen LogP contribution in [0.2, 0.25) is 0 Å². The minimum Gasteiger partial charge on any atom is -0.481 e. The maximum absolute atomic E-state index is 10.8. The summed E-state index contributed by atoms with van der Waals surface area (Å²) in [5.74, 6) is -0.701. The Kier molecular flexibility index (Phi) is 28.0. The Hall–Kier alpha value is 1.23. The number of carbonyl (C=O) groups is 1. The quantitative estimate of drug-likeness (QED) is 0.514. The first-order chi connectivity index (χ1) is 10.5. The Morgan fingerprint density at radius 1 is 0.692 bits per heavy atom. The first-order valence-corrected chi connectivity index (χ1v) is 8.47. The van der Waals surface area contributed by atoms with Gasteiger partial charge in [-0.25, -0.2) is 0 Å². The molecule has 0 aromatic heterocycles. The highest BCUT2D eigenvalue weighted by Crippen LogP contribution is 2.00. The second kappa shape index (κ2) is 21.0. The van der Waals surface area contributed by atoms with Gasteiger partial charge in [-0.15, -0.1) is 67.9 Å². The maximum Gasteiger partial charge on any atom is 0.304 e. The minimum atomic E-state index is -0.701. The molecule has 0 bridgehead atoms. The molecule has 162 valence electrons. The van der Waals surface area contributed by atoms with Crippen LogP contribution in [-0.2, 0) is 4.79 Å². The van der Waals surface area contributed by atoms with Gasteiger partial charge < -0.3 is 24.7 Å². The Morgan fingerprint density at radius 3 is 1.50 bits per heavy atom. The lowest BCUT2D eigenvalue weighted by atomic mass is 10.3. The molecule has 0 aromatic rings. The fourth-order valence-corrected chi connectivity index (χ4v) is 2.75. The number of nitrogens with zero attached hydrogens (tertiary/aromatic N) is 4. The van der Waals surface area contributed by atoms with E-state index in [0.717, 1.165) is 58.8 Å². The molecular weight excluding hydrogens is 600 g/mol. The van der Waals surface area contributed by atoms with Gasteiger partial charge in [0.2, 0.25) is 0 Å². The fourth-order valence-electron chi connectivity index (χ4n) is 2.75. The molecule has 6 nitrogen and oxygen atoms in total. The Balaban J connectivity index is -0.000000605. The number of carboxylic acids is 1. The highest BCUT2D eigenvalue weighted by Gasteiger charge is 2.11. The van der Waals surface area contributed by atoms with E-state index in [1.54, 1.807) is 0 Å².